The third kappa shape index (κ3) is 5.82. The van der Waals surface area contributed by atoms with Crippen molar-refractivity contribution in [2.24, 2.45) is 0 Å². The molecular formula is C15H19N4O14P3. The topological polar surface area (TPSA) is 258 Å². The number of hydrogen-bond acceptors (Lipinski definition) is 12. The fourth-order valence-electron chi connectivity index (χ4n) is 3.66. The standard InChI is InChI=1S/C15H19N4O14P3/c1-29-12-11(21)8(5-30-35(25,26)33-36(27,28)32-34(22,23)24)31-15(12)19-4-7-2-3-9(20)18-13-10(7)14(19)17-6-16-13/h2-4,6,8,11-12,15,21H,5H2,1H3,(H,25,26)(H,27,28)(H2,22,23,24)(H,16,17,18,20)/t8-,11-,12-,15-/m1/s1. The number of anilines is 1. The van der Waals surface area contributed by atoms with E-state index in [1.54, 1.807) is 6.20 Å². The van der Waals surface area contributed by atoms with Crippen LogP contribution in [0.25, 0.3) is 17.1 Å². The van der Waals surface area contributed by atoms with Crippen molar-refractivity contribution in [3.63, 3.8) is 0 Å². The van der Waals surface area contributed by atoms with Gasteiger partial charge in [-0.1, -0.05) is 0 Å². The summed E-state index contributed by atoms with van der Waals surface area (Å²) in [4.78, 5) is 56.2. The number of methoxy groups -OCH3 is 1. The van der Waals surface area contributed by atoms with Gasteiger partial charge in [-0.3, -0.25) is 9.32 Å². The van der Waals surface area contributed by atoms with Gasteiger partial charge >= 0.3 is 23.5 Å². The molecule has 1 amide bonds. The smallest absolute Gasteiger partial charge is 0.387 e. The van der Waals surface area contributed by atoms with Crippen LogP contribution in [-0.4, -0.2) is 77.2 Å². The van der Waals surface area contributed by atoms with E-state index in [2.05, 4.69) is 28.4 Å². The van der Waals surface area contributed by atoms with Crippen molar-refractivity contribution in [1.29, 1.82) is 0 Å². The molecule has 2 aliphatic rings. The summed E-state index contributed by atoms with van der Waals surface area (Å²) in [6.45, 7) is -0.885. The Balaban J connectivity index is 1.54. The Morgan fingerprint density at radius 2 is 1.83 bits per heavy atom. The molecule has 0 spiro atoms. The molecule has 2 aromatic heterocycles. The fraction of sp³-hybridized carbons (Fsp3) is 0.400. The SMILES string of the molecule is CO[C@@H]1[C@H](O)[C@@H](COP(=O)(O)OP(=O)(O)OP(=O)(O)O)O[C@H]1n1cc2c3c(ncnc31)NC(=O)C=C2. The van der Waals surface area contributed by atoms with E-state index in [9.17, 15) is 33.4 Å². The molecule has 0 aromatic carbocycles. The molecule has 18 nitrogen and oxygen atoms in total. The Kier molecular flexibility index (Phi) is 7.38. The Hall–Kier alpha value is -1.88. The van der Waals surface area contributed by atoms with Crippen molar-refractivity contribution in [2.45, 2.75) is 24.5 Å². The number of aliphatic hydroxyl groups is 1. The van der Waals surface area contributed by atoms with Gasteiger partial charge in [0.1, 0.15) is 36.1 Å². The number of phosphoric acid groups is 3. The average Bonchev–Trinajstić information content (AvgIpc) is 3.20. The van der Waals surface area contributed by atoms with Gasteiger partial charge in [0.2, 0.25) is 5.91 Å². The van der Waals surface area contributed by atoms with E-state index in [1.165, 1.54) is 30.2 Å². The molecule has 2 unspecified atom stereocenters. The van der Waals surface area contributed by atoms with Crippen LogP contribution in [0.3, 0.4) is 0 Å². The van der Waals surface area contributed by atoms with Gasteiger partial charge in [-0.25, -0.2) is 23.7 Å². The molecule has 6 N–H and O–H groups in total. The second kappa shape index (κ2) is 9.78. The van der Waals surface area contributed by atoms with Crippen LogP contribution in [0, 0.1) is 0 Å². The number of nitrogens with zero attached hydrogens (tertiary/aromatic N) is 3. The minimum atomic E-state index is -5.71. The number of carbonyl (C=O) groups is 1. The van der Waals surface area contributed by atoms with E-state index in [-0.39, 0.29) is 5.82 Å². The summed E-state index contributed by atoms with van der Waals surface area (Å²) in [7, 11) is -15.4. The van der Waals surface area contributed by atoms with Gasteiger partial charge < -0.3 is 44.0 Å². The Bertz CT molecular complexity index is 1360. The first kappa shape index (κ1) is 27.2. The molecule has 4 rings (SSSR count). The molecule has 36 heavy (non-hydrogen) atoms. The second-order valence-electron chi connectivity index (χ2n) is 7.38. The molecule has 2 aliphatic heterocycles. The maximum absolute atomic E-state index is 12.0. The third-order valence-electron chi connectivity index (χ3n) is 4.97. The van der Waals surface area contributed by atoms with Crippen molar-refractivity contribution in [3.05, 3.63) is 24.2 Å². The predicted molar refractivity (Wildman–Crippen MR) is 116 cm³/mol. The second-order valence-corrected chi connectivity index (χ2v) is 11.8. The first-order chi connectivity index (χ1) is 16.7. The largest absolute Gasteiger partial charge is 0.490 e. The monoisotopic (exact) mass is 572 g/mol. The Morgan fingerprint density at radius 1 is 1.11 bits per heavy atom. The van der Waals surface area contributed by atoms with E-state index in [0.29, 0.717) is 16.6 Å². The number of aromatic nitrogens is 3. The van der Waals surface area contributed by atoms with Crippen LogP contribution in [0.1, 0.15) is 11.8 Å². The zero-order valence-electron chi connectivity index (χ0n) is 17.9. The molecule has 21 heteroatoms. The van der Waals surface area contributed by atoms with E-state index < -0.39 is 60.5 Å². The molecule has 0 saturated carbocycles. The lowest BCUT2D eigenvalue weighted by atomic mass is 10.1. The van der Waals surface area contributed by atoms with Crippen molar-refractivity contribution in [2.75, 3.05) is 19.0 Å². The highest BCUT2D eigenvalue weighted by atomic mass is 31.3. The molecule has 0 aliphatic carbocycles. The average molecular weight is 572 g/mol. The van der Waals surface area contributed by atoms with Gasteiger partial charge in [0.15, 0.2) is 6.23 Å². The van der Waals surface area contributed by atoms with E-state index in [0.717, 1.165) is 0 Å². The number of phosphoric ester groups is 1. The molecule has 6 atom stereocenters. The zero-order chi connectivity index (χ0) is 26.5. The maximum atomic E-state index is 12.0. The van der Waals surface area contributed by atoms with Gasteiger partial charge in [-0.15, -0.1) is 0 Å². The van der Waals surface area contributed by atoms with Crippen LogP contribution in [0.2, 0.25) is 0 Å². The first-order valence-electron chi connectivity index (χ1n) is 9.69. The van der Waals surface area contributed by atoms with Crippen LogP contribution in [-0.2, 0) is 41.1 Å². The van der Waals surface area contributed by atoms with Crippen molar-refractivity contribution >= 4 is 52.3 Å². The quantitative estimate of drug-likeness (QED) is 0.216. The molecule has 4 heterocycles. The molecule has 198 valence electrons. The lowest BCUT2D eigenvalue weighted by Crippen LogP contribution is -2.35. The van der Waals surface area contributed by atoms with Crippen LogP contribution in [0.5, 0.6) is 0 Å². The van der Waals surface area contributed by atoms with E-state index >= 15 is 0 Å². The number of ether oxygens (including phenoxy) is 2. The molecular weight excluding hydrogens is 553 g/mol. The third-order valence-corrected chi connectivity index (χ3v) is 8.77. The highest BCUT2D eigenvalue weighted by Gasteiger charge is 2.48. The summed E-state index contributed by atoms with van der Waals surface area (Å²) in [5.74, 6) is -0.160. The summed E-state index contributed by atoms with van der Waals surface area (Å²) in [5.41, 5.74) is 0.846. The predicted octanol–water partition coefficient (Wildman–Crippen LogP) is 0.0132. The number of hydrogen-bond donors (Lipinski definition) is 6. The van der Waals surface area contributed by atoms with Crippen molar-refractivity contribution < 1.29 is 65.8 Å². The Morgan fingerprint density at radius 3 is 2.50 bits per heavy atom. The van der Waals surface area contributed by atoms with Crippen LogP contribution < -0.4 is 5.32 Å². The summed E-state index contributed by atoms with van der Waals surface area (Å²) >= 11 is 0. The number of carbonyl (C=O) groups excluding carboxylic acids is 1. The summed E-state index contributed by atoms with van der Waals surface area (Å²) < 4.78 is 58.7. The zero-order valence-corrected chi connectivity index (χ0v) is 20.6. The molecule has 2 aromatic rings. The lowest BCUT2D eigenvalue weighted by Gasteiger charge is -2.20. The van der Waals surface area contributed by atoms with Crippen molar-refractivity contribution in [1.82, 2.24) is 14.5 Å². The number of nitrogens with one attached hydrogen (secondary N) is 1. The normalized spacial score (nSPS) is 27.4. The van der Waals surface area contributed by atoms with Crippen molar-refractivity contribution in [3.8, 4) is 0 Å². The first-order valence-corrected chi connectivity index (χ1v) is 14.2. The fourth-order valence-corrected chi connectivity index (χ4v) is 6.69. The minimum Gasteiger partial charge on any atom is -0.387 e. The van der Waals surface area contributed by atoms with Crippen LogP contribution in [0.15, 0.2) is 18.6 Å². The lowest BCUT2D eigenvalue weighted by molar-refractivity contribution is -0.111. The Labute approximate surface area is 200 Å². The molecule has 1 saturated heterocycles. The molecule has 0 bridgehead atoms. The number of rotatable bonds is 9. The van der Waals surface area contributed by atoms with Gasteiger partial charge in [0, 0.05) is 24.9 Å². The van der Waals surface area contributed by atoms with E-state index in [1.807, 2.05) is 0 Å². The highest BCUT2D eigenvalue weighted by Crippen LogP contribution is 2.66. The summed E-state index contributed by atoms with van der Waals surface area (Å²) in [5, 5.41) is 13.7. The summed E-state index contributed by atoms with van der Waals surface area (Å²) in [6, 6.07) is 0. The summed E-state index contributed by atoms with van der Waals surface area (Å²) in [6.07, 6.45) is 0.619. The van der Waals surface area contributed by atoms with Gasteiger partial charge in [-0.2, -0.15) is 8.62 Å². The van der Waals surface area contributed by atoms with Gasteiger partial charge in [0.05, 0.1) is 12.0 Å². The number of aliphatic hydroxyl groups excluding tert-OH is 1. The van der Waals surface area contributed by atoms with Gasteiger partial charge in [-0.05, 0) is 6.08 Å². The molecule has 1 fully saturated rings. The number of amides is 1. The van der Waals surface area contributed by atoms with Crippen LogP contribution >= 0.6 is 23.5 Å². The maximum Gasteiger partial charge on any atom is 0.490 e. The van der Waals surface area contributed by atoms with Gasteiger partial charge in [0.25, 0.3) is 0 Å². The highest BCUT2D eigenvalue weighted by molar-refractivity contribution is 7.66. The molecule has 0 radical (unpaired) electrons. The van der Waals surface area contributed by atoms with E-state index in [4.69, 9.17) is 19.3 Å². The minimum absolute atomic E-state index is 0.237. The van der Waals surface area contributed by atoms with Crippen LogP contribution in [0.4, 0.5) is 5.82 Å².